The first kappa shape index (κ1) is 14.1. The number of hydrogen-bond donors (Lipinski definition) is 1. The second-order valence-corrected chi connectivity index (χ2v) is 6.44. The van der Waals surface area contributed by atoms with Crippen molar-refractivity contribution in [2.24, 2.45) is 5.92 Å². The summed E-state index contributed by atoms with van der Waals surface area (Å²) in [5.41, 5.74) is 0.0161. The van der Waals surface area contributed by atoms with Crippen LogP contribution in [0.15, 0.2) is 12.7 Å². The summed E-state index contributed by atoms with van der Waals surface area (Å²) in [5.74, 6) is 2.89. The summed E-state index contributed by atoms with van der Waals surface area (Å²) in [6, 6.07) is 0. The highest BCUT2D eigenvalue weighted by atomic mass is 32.2. The zero-order chi connectivity index (χ0) is 12.8. The Labute approximate surface area is 114 Å². The van der Waals surface area contributed by atoms with E-state index in [9.17, 15) is 4.79 Å². The summed E-state index contributed by atoms with van der Waals surface area (Å²) < 4.78 is 6.01. The van der Waals surface area contributed by atoms with E-state index in [1.54, 1.807) is 6.08 Å². The molecule has 0 aromatic heterocycles. The highest BCUT2D eigenvalue weighted by Gasteiger charge is 2.40. The number of hydrogen-bond acceptors (Lipinski definition) is 4. The molecule has 102 valence electrons. The van der Waals surface area contributed by atoms with Crippen LogP contribution < -0.4 is 5.32 Å². The van der Waals surface area contributed by atoms with Crippen molar-refractivity contribution in [1.82, 2.24) is 5.32 Å². The molecule has 1 N–H and O–H groups in total. The van der Waals surface area contributed by atoms with Gasteiger partial charge in [0.15, 0.2) is 0 Å². The summed E-state index contributed by atoms with van der Waals surface area (Å²) in [6.07, 6.45) is 5.84. The maximum absolute atomic E-state index is 12.1. The highest BCUT2D eigenvalue weighted by Crippen LogP contribution is 2.39. The van der Waals surface area contributed by atoms with E-state index in [-0.39, 0.29) is 11.5 Å². The molecule has 0 radical (unpaired) electrons. The molecule has 2 aliphatic rings. The number of rotatable bonds is 5. The van der Waals surface area contributed by atoms with E-state index < -0.39 is 0 Å². The lowest BCUT2D eigenvalue weighted by Crippen LogP contribution is -2.45. The molecule has 2 saturated heterocycles. The Kier molecular flexibility index (Phi) is 5.27. The van der Waals surface area contributed by atoms with Crippen LogP contribution in [-0.4, -0.2) is 42.6 Å². The Morgan fingerprint density at radius 3 is 3.00 bits per heavy atom. The van der Waals surface area contributed by atoms with Crippen molar-refractivity contribution in [1.29, 1.82) is 0 Å². The average molecular weight is 269 g/mol. The molecule has 2 rings (SSSR count). The molecule has 1 spiro atoms. The lowest BCUT2D eigenvalue weighted by atomic mass is 9.80. The van der Waals surface area contributed by atoms with Gasteiger partial charge in [0, 0.05) is 19.1 Å². The maximum Gasteiger partial charge on any atom is 0.149 e. The molecule has 0 bridgehead atoms. The number of carbonyl (C=O) groups is 1. The normalized spacial score (nSPS) is 27.0. The van der Waals surface area contributed by atoms with Crippen molar-refractivity contribution in [3.05, 3.63) is 12.7 Å². The Bertz CT molecular complexity index is 295. The average Bonchev–Trinajstić information content (AvgIpc) is 2.40. The Morgan fingerprint density at radius 2 is 2.28 bits per heavy atom. The molecular weight excluding hydrogens is 246 g/mol. The summed E-state index contributed by atoms with van der Waals surface area (Å²) in [7, 11) is 0. The van der Waals surface area contributed by atoms with E-state index in [2.05, 4.69) is 11.9 Å². The summed E-state index contributed by atoms with van der Waals surface area (Å²) >= 11 is 2.00. The Balaban J connectivity index is 1.85. The minimum atomic E-state index is 0.0161. The van der Waals surface area contributed by atoms with E-state index in [4.69, 9.17) is 4.74 Å². The van der Waals surface area contributed by atoms with Crippen LogP contribution in [0.3, 0.4) is 0 Å². The van der Waals surface area contributed by atoms with E-state index >= 15 is 0 Å². The van der Waals surface area contributed by atoms with Gasteiger partial charge in [0.1, 0.15) is 5.78 Å². The van der Waals surface area contributed by atoms with Gasteiger partial charge in [-0.3, -0.25) is 4.79 Å². The molecule has 1 atom stereocenters. The van der Waals surface area contributed by atoms with Gasteiger partial charge in [-0.2, -0.15) is 11.8 Å². The second-order valence-electron chi connectivity index (χ2n) is 5.22. The smallest absolute Gasteiger partial charge is 0.149 e. The van der Waals surface area contributed by atoms with Gasteiger partial charge < -0.3 is 10.1 Å². The molecule has 0 aromatic carbocycles. The largest absolute Gasteiger partial charge is 0.375 e. The maximum atomic E-state index is 12.1. The molecule has 2 heterocycles. The number of carbonyl (C=O) groups excluding carboxylic acids is 1. The molecule has 1 unspecified atom stereocenters. The predicted molar refractivity (Wildman–Crippen MR) is 76.0 cm³/mol. The third-order valence-corrected chi connectivity index (χ3v) is 4.93. The van der Waals surface area contributed by atoms with Gasteiger partial charge >= 0.3 is 0 Å². The zero-order valence-electron chi connectivity index (χ0n) is 11.0. The third kappa shape index (κ3) is 3.59. The lowest BCUT2D eigenvalue weighted by molar-refractivity contribution is -0.137. The number of Topliss-reactive ketones (excluding diaryl/α,β-unsaturated/α-hetero) is 1. The summed E-state index contributed by atoms with van der Waals surface area (Å²) in [6.45, 7) is 5.57. The first-order valence-corrected chi connectivity index (χ1v) is 7.97. The summed E-state index contributed by atoms with van der Waals surface area (Å²) in [5, 5.41) is 3.11. The van der Waals surface area contributed by atoms with E-state index in [1.165, 1.54) is 11.5 Å². The monoisotopic (exact) mass is 269 g/mol. The Morgan fingerprint density at radius 1 is 1.50 bits per heavy atom. The molecule has 3 nitrogen and oxygen atoms in total. The first-order valence-electron chi connectivity index (χ1n) is 6.82. The van der Waals surface area contributed by atoms with Gasteiger partial charge in [-0.25, -0.2) is 0 Å². The SMILES string of the molecule is C=CCNCC(=O)C1CCOC2(CCSCC2)C1. The van der Waals surface area contributed by atoms with Gasteiger partial charge in [0.05, 0.1) is 12.1 Å². The van der Waals surface area contributed by atoms with Crippen LogP contribution >= 0.6 is 11.8 Å². The van der Waals surface area contributed by atoms with Crippen LogP contribution in [0, 0.1) is 5.92 Å². The molecule has 2 fully saturated rings. The van der Waals surface area contributed by atoms with Crippen molar-refractivity contribution < 1.29 is 9.53 Å². The number of thioether (sulfide) groups is 1. The van der Waals surface area contributed by atoms with E-state index in [1.807, 2.05) is 11.8 Å². The van der Waals surface area contributed by atoms with Crippen LogP contribution in [0.1, 0.15) is 25.7 Å². The van der Waals surface area contributed by atoms with Gasteiger partial charge in [0.2, 0.25) is 0 Å². The van der Waals surface area contributed by atoms with Crippen LogP contribution in [0.25, 0.3) is 0 Å². The second kappa shape index (κ2) is 6.73. The molecular formula is C14H23NO2S. The topological polar surface area (TPSA) is 38.3 Å². The number of ketones is 1. The molecule has 18 heavy (non-hydrogen) atoms. The third-order valence-electron chi connectivity index (χ3n) is 3.94. The molecule has 0 amide bonds. The molecule has 0 saturated carbocycles. The van der Waals surface area contributed by atoms with Crippen molar-refractivity contribution >= 4 is 17.5 Å². The fraction of sp³-hybridized carbons (Fsp3) is 0.786. The molecule has 0 aliphatic carbocycles. The highest BCUT2D eigenvalue weighted by molar-refractivity contribution is 7.99. The van der Waals surface area contributed by atoms with Gasteiger partial charge in [0.25, 0.3) is 0 Å². The van der Waals surface area contributed by atoms with Crippen LogP contribution in [0.4, 0.5) is 0 Å². The standard InChI is InChI=1S/C14H23NO2S/c1-2-6-15-11-13(16)12-3-7-17-14(10-12)4-8-18-9-5-14/h2,12,15H,1,3-11H2. The molecule has 2 aliphatic heterocycles. The zero-order valence-corrected chi connectivity index (χ0v) is 11.8. The van der Waals surface area contributed by atoms with Gasteiger partial charge in [-0.15, -0.1) is 6.58 Å². The van der Waals surface area contributed by atoms with E-state index in [0.29, 0.717) is 18.9 Å². The quantitative estimate of drug-likeness (QED) is 0.612. The number of ether oxygens (including phenoxy) is 1. The summed E-state index contributed by atoms with van der Waals surface area (Å²) in [4.78, 5) is 12.1. The van der Waals surface area contributed by atoms with E-state index in [0.717, 1.165) is 32.3 Å². The minimum Gasteiger partial charge on any atom is -0.375 e. The lowest BCUT2D eigenvalue weighted by Gasteiger charge is -2.42. The predicted octanol–water partition coefficient (Wildman–Crippen LogP) is 2.02. The van der Waals surface area contributed by atoms with Gasteiger partial charge in [-0.05, 0) is 37.2 Å². The van der Waals surface area contributed by atoms with Crippen LogP contribution in [0.5, 0.6) is 0 Å². The Hall–Kier alpha value is -0.320. The van der Waals surface area contributed by atoms with Crippen molar-refractivity contribution in [2.75, 3.05) is 31.2 Å². The molecule has 4 heteroatoms. The fourth-order valence-corrected chi connectivity index (χ4v) is 4.07. The van der Waals surface area contributed by atoms with Crippen LogP contribution in [0.2, 0.25) is 0 Å². The first-order chi connectivity index (χ1) is 8.76. The molecule has 0 aromatic rings. The van der Waals surface area contributed by atoms with Crippen molar-refractivity contribution in [2.45, 2.75) is 31.3 Å². The van der Waals surface area contributed by atoms with Crippen LogP contribution in [-0.2, 0) is 9.53 Å². The minimum absolute atomic E-state index is 0.0161. The van der Waals surface area contributed by atoms with Gasteiger partial charge in [-0.1, -0.05) is 6.08 Å². The van der Waals surface area contributed by atoms with Crippen molar-refractivity contribution in [3.63, 3.8) is 0 Å². The number of nitrogens with one attached hydrogen (secondary N) is 1. The fourth-order valence-electron chi connectivity index (χ4n) is 2.84. The van der Waals surface area contributed by atoms with Crippen molar-refractivity contribution in [3.8, 4) is 0 Å².